The van der Waals surface area contributed by atoms with Gasteiger partial charge in [-0.2, -0.15) is 0 Å². The average molecular weight is 257 g/mol. The van der Waals surface area contributed by atoms with Gasteiger partial charge in [-0.15, -0.1) is 0 Å². The molecule has 5 nitrogen and oxygen atoms in total. The van der Waals surface area contributed by atoms with Crippen molar-refractivity contribution in [1.82, 2.24) is 10.3 Å². The molecule has 0 atom stereocenters. The number of amides is 1. The topological polar surface area (TPSA) is 79.3 Å². The number of aliphatic carboxylic acids is 1. The van der Waals surface area contributed by atoms with Crippen molar-refractivity contribution in [3.8, 4) is 0 Å². The number of carbonyl (C=O) groups is 2. The zero-order chi connectivity index (χ0) is 13.1. The molecule has 92 valence electrons. The van der Waals surface area contributed by atoms with Gasteiger partial charge in [0.2, 0.25) is 0 Å². The van der Waals surface area contributed by atoms with Gasteiger partial charge in [0, 0.05) is 18.9 Å². The van der Waals surface area contributed by atoms with Gasteiger partial charge in [0.25, 0.3) is 5.91 Å². The highest BCUT2D eigenvalue weighted by Crippen LogP contribution is 2.16. The van der Waals surface area contributed by atoms with Gasteiger partial charge in [-0.1, -0.05) is 11.6 Å². The normalized spacial score (nSPS) is 11.0. The van der Waals surface area contributed by atoms with E-state index >= 15 is 0 Å². The van der Waals surface area contributed by atoms with Crippen molar-refractivity contribution in [3.05, 3.63) is 29.0 Å². The molecule has 0 aliphatic rings. The zero-order valence-electron chi connectivity index (χ0n) is 9.53. The number of carbonyl (C=O) groups excluding carboxylic acids is 1. The number of hydrogen-bond donors (Lipinski definition) is 2. The summed E-state index contributed by atoms with van der Waals surface area (Å²) in [5.41, 5.74) is -0.792. The Morgan fingerprint density at radius 2 is 2.18 bits per heavy atom. The highest BCUT2D eigenvalue weighted by atomic mass is 35.5. The lowest BCUT2D eigenvalue weighted by Crippen LogP contribution is -2.39. The Labute approximate surface area is 104 Å². The summed E-state index contributed by atoms with van der Waals surface area (Å²) in [5, 5.41) is 11.7. The van der Waals surface area contributed by atoms with E-state index in [9.17, 15) is 9.59 Å². The van der Waals surface area contributed by atoms with Crippen molar-refractivity contribution in [2.45, 2.75) is 13.8 Å². The number of nitrogens with zero attached hydrogens (tertiary/aromatic N) is 1. The number of nitrogens with one attached hydrogen (secondary N) is 1. The minimum absolute atomic E-state index is 0.0202. The van der Waals surface area contributed by atoms with E-state index < -0.39 is 17.3 Å². The van der Waals surface area contributed by atoms with Gasteiger partial charge >= 0.3 is 5.97 Å². The maximum absolute atomic E-state index is 11.7. The van der Waals surface area contributed by atoms with Crippen molar-refractivity contribution >= 4 is 23.5 Å². The zero-order valence-corrected chi connectivity index (χ0v) is 10.3. The molecule has 0 unspecified atom stereocenters. The van der Waals surface area contributed by atoms with Gasteiger partial charge in [-0.05, 0) is 19.9 Å². The lowest BCUT2D eigenvalue weighted by atomic mass is 9.94. The van der Waals surface area contributed by atoms with E-state index in [0.29, 0.717) is 0 Å². The largest absolute Gasteiger partial charge is 0.481 e. The van der Waals surface area contributed by atoms with Crippen molar-refractivity contribution in [3.63, 3.8) is 0 Å². The molecule has 0 fully saturated rings. The van der Waals surface area contributed by atoms with Crippen LogP contribution in [0.5, 0.6) is 0 Å². The summed E-state index contributed by atoms with van der Waals surface area (Å²) in [4.78, 5) is 26.3. The highest BCUT2D eigenvalue weighted by Gasteiger charge is 2.27. The number of halogens is 1. The van der Waals surface area contributed by atoms with Crippen LogP contribution in [0.25, 0.3) is 0 Å². The molecule has 0 spiro atoms. The lowest BCUT2D eigenvalue weighted by Gasteiger charge is -2.19. The fraction of sp³-hybridized carbons (Fsp3) is 0.364. The second-order valence-electron chi connectivity index (χ2n) is 4.23. The van der Waals surface area contributed by atoms with Gasteiger partial charge in [0.1, 0.15) is 0 Å². The maximum Gasteiger partial charge on any atom is 0.310 e. The van der Waals surface area contributed by atoms with Crippen LogP contribution in [0.1, 0.15) is 24.2 Å². The minimum atomic E-state index is -1.02. The Balaban J connectivity index is 2.69. The molecule has 6 heteroatoms. The van der Waals surface area contributed by atoms with Gasteiger partial charge in [-0.25, -0.2) is 0 Å². The van der Waals surface area contributed by atoms with Gasteiger partial charge in [0.05, 0.1) is 16.0 Å². The number of carboxylic acid groups (broad SMARTS) is 1. The smallest absolute Gasteiger partial charge is 0.310 e. The Hall–Kier alpha value is -1.62. The summed E-state index contributed by atoms with van der Waals surface area (Å²) in [6.45, 7) is 3.08. The summed E-state index contributed by atoms with van der Waals surface area (Å²) >= 11 is 5.81. The van der Waals surface area contributed by atoms with Crippen molar-refractivity contribution < 1.29 is 14.7 Å². The Bertz CT molecular complexity index is 446. The van der Waals surface area contributed by atoms with Crippen LogP contribution in [0.4, 0.5) is 0 Å². The quantitative estimate of drug-likeness (QED) is 0.857. The van der Waals surface area contributed by atoms with E-state index in [1.807, 2.05) is 0 Å². The molecular formula is C11H13ClN2O3. The molecule has 1 aromatic rings. The third-order valence-corrected chi connectivity index (χ3v) is 2.61. The number of pyridine rings is 1. The van der Waals surface area contributed by atoms with Crippen LogP contribution < -0.4 is 5.32 Å². The van der Waals surface area contributed by atoms with Crippen LogP contribution in [0.15, 0.2) is 18.5 Å². The van der Waals surface area contributed by atoms with Crippen LogP contribution in [0, 0.1) is 5.41 Å². The summed E-state index contributed by atoms with van der Waals surface area (Å²) < 4.78 is 0. The van der Waals surface area contributed by atoms with Crippen LogP contribution in [-0.2, 0) is 4.79 Å². The SMILES string of the molecule is CC(C)(CNC(=O)c1cnccc1Cl)C(=O)O. The molecule has 0 aliphatic carbocycles. The Morgan fingerprint density at radius 1 is 1.53 bits per heavy atom. The molecule has 0 aromatic carbocycles. The molecular weight excluding hydrogens is 244 g/mol. The fourth-order valence-corrected chi connectivity index (χ4v) is 1.21. The van der Waals surface area contributed by atoms with E-state index in [1.54, 1.807) is 0 Å². The minimum Gasteiger partial charge on any atom is -0.481 e. The summed E-state index contributed by atoms with van der Waals surface area (Å²) in [6, 6.07) is 1.50. The van der Waals surface area contributed by atoms with E-state index in [4.69, 9.17) is 16.7 Å². The third kappa shape index (κ3) is 3.42. The first kappa shape index (κ1) is 13.4. The molecule has 17 heavy (non-hydrogen) atoms. The Morgan fingerprint density at radius 3 is 2.71 bits per heavy atom. The number of aromatic nitrogens is 1. The van der Waals surface area contributed by atoms with Gasteiger partial charge in [-0.3, -0.25) is 14.6 Å². The average Bonchev–Trinajstić information content (AvgIpc) is 2.26. The lowest BCUT2D eigenvalue weighted by molar-refractivity contribution is -0.146. The second kappa shape index (κ2) is 5.14. The van der Waals surface area contributed by atoms with Crippen LogP contribution >= 0.6 is 11.6 Å². The van der Waals surface area contributed by atoms with Crippen LogP contribution in [0.3, 0.4) is 0 Å². The standard InChI is InChI=1S/C11H13ClN2O3/c1-11(2,10(16)17)6-14-9(15)7-5-13-4-3-8(7)12/h3-5H,6H2,1-2H3,(H,14,15)(H,16,17). The molecule has 0 bridgehead atoms. The molecule has 0 aliphatic heterocycles. The van der Waals surface area contributed by atoms with Crippen molar-refractivity contribution in [2.75, 3.05) is 6.54 Å². The molecule has 2 N–H and O–H groups in total. The number of rotatable bonds is 4. The van der Waals surface area contributed by atoms with Gasteiger partial charge < -0.3 is 10.4 Å². The van der Waals surface area contributed by atoms with E-state index in [-0.39, 0.29) is 17.1 Å². The van der Waals surface area contributed by atoms with Crippen molar-refractivity contribution in [1.29, 1.82) is 0 Å². The molecule has 0 saturated carbocycles. The third-order valence-electron chi connectivity index (χ3n) is 2.28. The van der Waals surface area contributed by atoms with Crippen LogP contribution in [-0.4, -0.2) is 28.5 Å². The van der Waals surface area contributed by atoms with Crippen molar-refractivity contribution in [2.24, 2.45) is 5.41 Å². The summed E-state index contributed by atoms with van der Waals surface area (Å²) in [5.74, 6) is -1.41. The highest BCUT2D eigenvalue weighted by molar-refractivity contribution is 6.33. The Kier molecular flexibility index (Phi) is 4.07. The first-order chi connectivity index (χ1) is 7.84. The molecule has 1 aromatic heterocycles. The van der Waals surface area contributed by atoms with E-state index in [2.05, 4.69) is 10.3 Å². The van der Waals surface area contributed by atoms with E-state index in [0.717, 1.165) is 0 Å². The maximum atomic E-state index is 11.7. The molecule has 1 amide bonds. The second-order valence-corrected chi connectivity index (χ2v) is 4.63. The molecule has 1 heterocycles. The first-order valence-electron chi connectivity index (χ1n) is 4.96. The molecule has 0 saturated heterocycles. The monoisotopic (exact) mass is 256 g/mol. The summed E-state index contributed by atoms with van der Waals surface area (Å²) in [6.07, 6.45) is 2.81. The van der Waals surface area contributed by atoms with Gasteiger partial charge in [0.15, 0.2) is 0 Å². The first-order valence-corrected chi connectivity index (χ1v) is 5.33. The fourth-order valence-electron chi connectivity index (χ4n) is 1.02. The van der Waals surface area contributed by atoms with E-state index in [1.165, 1.54) is 32.3 Å². The number of carboxylic acids is 1. The molecule has 0 radical (unpaired) electrons. The summed E-state index contributed by atoms with van der Waals surface area (Å²) in [7, 11) is 0. The number of hydrogen-bond acceptors (Lipinski definition) is 3. The predicted octanol–water partition coefficient (Wildman–Crippen LogP) is 1.58. The van der Waals surface area contributed by atoms with Crippen LogP contribution in [0.2, 0.25) is 5.02 Å². The predicted molar refractivity (Wildman–Crippen MR) is 63.0 cm³/mol. The molecule has 1 rings (SSSR count).